The average molecular weight is 465 g/mol. The number of amides is 1. The van der Waals surface area contributed by atoms with E-state index < -0.39 is 0 Å². The Bertz CT molecular complexity index is 982. The third-order valence-corrected chi connectivity index (χ3v) is 6.25. The van der Waals surface area contributed by atoms with Crippen molar-refractivity contribution < 1.29 is 14.3 Å². The first-order valence-electron chi connectivity index (χ1n) is 9.04. The normalized spacial score (nSPS) is 10.5. The van der Waals surface area contributed by atoms with Crippen LogP contribution in [0.1, 0.15) is 12.0 Å². The fourth-order valence-corrected chi connectivity index (χ4v) is 4.41. The van der Waals surface area contributed by atoms with E-state index in [1.807, 2.05) is 24.3 Å². The Morgan fingerprint density at radius 3 is 2.67 bits per heavy atom. The van der Waals surface area contributed by atoms with Gasteiger partial charge in [0, 0.05) is 23.7 Å². The van der Waals surface area contributed by atoms with Crippen molar-refractivity contribution in [2.24, 2.45) is 0 Å². The molecule has 7 nitrogen and oxygen atoms in total. The van der Waals surface area contributed by atoms with Gasteiger partial charge in [-0.05, 0) is 35.9 Å². The van der Waals surface area contributed by atoms with Crippen molar-refractivity contribution in [2.75, 3.05) is 30.6 Å². The highest BCUT2D eigenvalue weighted by Gasteiger charge is 2.10. The van der Waals surface area contributed by atoms with Crippen molar-refractivity contribution in [3.63, 3.8) is 0 Å². The molecule has 0 unspecified atom stereocenters. The molecule has 10 heteroatoms. The third kappa shape index (κ3) is 6.51. The lowest BCUT2D eigenvalue weighted by atomic mass is 10.2. The van der Waals surface area contributed by atoms with Gasteiger partial charge in [-0.25, -0.2) is 0 Å². The van der Waals surface area contributed by atoms with E-state index in [1.165, 1.54) is 23.1 Å². The molecule has 2 N–H and O–H groups in total. The smallest absolute Gasteiger partial charge is 0.225 e. The maximum Gasteiger partial charge on any atom is 0.225 e. The molecule has 0 atom stereocenters. The summed E-state index contributed by atoms with van der Waals surface area (Å²) in [6, 6.07) is 12.9. The number of nitrogens with one attached hydrogen (secondary N) is 2. The van der Waals surface area contributed by atoms with E-state index in [9.17, 15) is 4.79 Å². The molecule has 0 aliphatic carbocycles. The molecule has 0 bridgehead atoms. The molecular weight excluding hydrogens is 444 g/mol. The van der Waals surface area contributed by atoms with Gasteiger partial charge in [-0.2, -0.15) is 0 Å². The predicted octanol–water partition coefficient (Wildman–Crippen LogP) is 4.94. The molecule has 2 aromatic carbocycles. The van der Waals surface area contributed by atoms with Crippen molar-refractivity contribution in [3.05, 3.63) is 53.1 Å². The van der Waals surface area contributed by atoms with Crippen LogP contribution >= 0.6 is 34.7 Å². The van der Waals surface area contributed by atoms with Crippen LogP contribution in [0.2, 0.25) is 5.02 Å². The zero-order valence-corrected chi connectivity index (χ0v) is 18.9. The Kier molecular flexibility index (Phi) is 8.18. The van der Waals surface area contributed by atoms with Gasteiger partial charge in [0.25, 0.3) is 0 Å². The Morgan fingerprint density at radius 2 is 1.93 bits per heavy atom. The number of benzene rings is 2. The second kappa shape index (κ2) is 11.1. The lowest BCUT2D eigenvalue weighted by molar-refractivity contribution is -0.115. The number of hydrogen-bond donors (Lipinski definition) is 2. The zero-order valence-electron chi connectivity index (χ0n) is 16.5. The van der Waals surface area contributed by atoms with E-state index in [0.717, 1.165) is 20.8 Å². The monoisotopic (exact) mass is 464 g/mol. The molecule has 3 aromatic rings. The van der Waals surface area contributed by atoms with Crippen LogP contribution in [0.3, 0.4) is 0 Å². The summed E-state index contributed by atoms with van der Waals surface area (Å²) in [6.07, 6.45) is 0.328. The summed E-state index contributed by atoms with van der Waals surface area (Å²) in [5.74, 6) is 1.86. The first-order valence-corrected chi connectivity index (χ1v) is 11.2. The summed E-state index contributed by atoms with van der Waals surface area (Å²) in [7, 11) is 3.19. The number of carbonyl (C=O) groups excluding carboxylic acids is 1. The van der Waals surface area contributed by atoms with Crippen molar-refractivity contribution >= 4 is 51.4 Å². The van der Waals surface area contributed by atoms with Crippen molar-refractivity contribution in [1.29, 1.82) is 0 Å². The summed E-state index contributed by atoms with van der Waals surface area (Å²) < 4.78 is 11.2. The van der Waals surface area contributed by atoms with Gasteiger partial charge in [-0.15, -0.1) is 10.2 Å². The summed E-state index contributed by atoms with van der Waals surface area (Å²) in [6.45, 7) is 0.646. The Morgan fingerprint density at radius 1 is 1.13 bits per heavy atom. The number of ether oxygens (including phenoxy) is 2. The van der Waals surface area contributed by atoms with Crippen LogP contribution in [0.15, 0.2) is 46.8 Å². The van der Waals surface area contributed by atoms with Crippen LogP contribution < -0.4 is 20.1 Å². The molecule has 0 spiro atoms. The van der Waals surface area contributed by atoms with Crippen LogP contribution in [0.5, 0.6) is 11.5 Å². The van der Waals surface area contributed by atoms with Gasteiger partial charge in [0.1, 0.15) is 11.5 Å². The van der Waals surface area contributed by atoms with Gasteiger partial charge in [-0.1, -0.05) is 46.8 Å². The highest BCUT2D eigenvalue weighted by atomic mass is 35.5. The standard InChI is InChI=1S/C20H21ClN4O3S2/c1-27-15-6-3-13(4-7-15)12-22-19-24-25-20(30-19)29-10-9-18(26)23-16-11-14(21)5-8-17(16)28-2/h3-8,11H,9-10,12H2,1-2H3,(H,22,24)(H,23,26). The number of thioether (sulfide) groups is 1. The number of nitrogens with zero attached hydrogens (tertiary/aromatic N) is 2. The molecule has 0 aliphatic heterocycles. The molecule has 158 valence electrons. The van der Waals surface area contributed by atoms with Crippen LogP contribution in [-0.4, -0.2) is 36.1 Å². The summed E-state index contributed by atoms with van der Waals surface area (Å²) in [5, 5.41) is 15.6. The molecule has 30 heavy (non-hydrogen) atoms. The van der Waals surface area contributed by atoms with E-state index >= 15 is 0 Å². The first-order chi connectivity index (χ1) is 14.6. The maximum atomic E-state index is 12.2. The molecule has 3 rings (SSSR count). The molecule has 0 aliphatic rings. The van der Waals surface area contributed by atoms with E-state index in [0.29, 0.717) is 35.2 Å². The molecule has 1 heterocycles. The predicted molar refractivity (Wildman–Crippen MR) is 122 cm³/mol. The highest BCUT2D eigenvalue weighted by molar-refractivity contribution is 8.01. The number of hydrogen-bond acceptors (Lipinski definition) is 8. The summed E-state index contributed by atoms with van der Waals surface area (Å²) in [5.41, 5.74) is 1.68. The quantitative estimate of drug-likeness (QED) is 0.411. The molecular formula is C20H21ClN4O3S2. The maximum absolute atomic E-state index is 12.2. The van der Waals surface area contributed by atoms with Gasteiger partial charge in [0.05, 0.1) is 19.9 Å². The number of rotatable bonds is 10. The van der Waals surface area contributed by atoms with Crippen LogP contribution in [-0.2, 0) is 11.3 Å². The van der Waals surface area contributed by atoms with Gasteiger partial charge in [-0.3, -0.25) is 4.79 Å². The van der Waals surface area contributed by atoms with Gasteiger partial charge in [0.2, 0.25) is 11.0 Å². The number of anilines is 2. The van der Waals surface area contributed by atoms with Crippen LogP contribution in [0.25, 0.3) is 0 Å². The number of carbonyl (C=O) groups is 1. The minimum Gasteiger partial charge on any atom is -0.497 e. The number of methoxy groups -OCH3 is 2. The largest absolute Gasteiger partial charge is 0.497 e. The van der Waals surface area contributed by atoms with E-state index in [2.05, 4.69) is 20.8 Å². The van der Waals surface area contributed by atoms with Gasteiger partial charge >= 0.3 is 0 Å². The van der Waals surface area contributed by atoms with E-state index in [4.69, 9.17) is 21.1 Å². The molecule has 0 saturated heterocycles. The second-order valence-corrected chi connectivity index (χ2v) is 8.82. The van der Waals surface area contributed by atoms with Crippen molar-refractivity contribution in [3.8, 4) is 11.5 Å². The minimum absolute atomic E-state index is 0.120. The van der Waals surface area contributed by atoms with Crippen molar-refractivity contribution in [2.45, 2.75) is 17.3 Å². The minimum atomic E-state index is -0.120. The third-order valence-electron chi connectivity index (χ3n) is 4.00. The topological polar surface area (TPSA) is 85.4 Å². The molecule has 1 amide bonds. The number of aromatic nitrogens is 2. The first kappa shape index (κ1) is 22.2. The summed E-state index contributed by atoms with van der Waals surface area (Å²) in [4.78, 5) is 12.2. The Balaban J connectivity index is 1.42. The SMILES string of the molecule is COc1ccc(CNc2nnc(SCCC(=O)Nc3cc(Cl)ccc3OC)s2)cc1. The fraction of sp³-hybridized carbons (Fsp3) is 0.250. The highest BCUT2D eigenvalue weighted by Crippen LogP contribution is 2.29. The molecule has 0 saturated carbocycles. The van der Waals surface area contributed by atoms with Crippen LogP contribution in [0, 0.1) is 0 Å². The average Bonchev–Trinajstić information content (AvgIpc) is 3.20. The molecule has 0 fully saturated rings. The summed E-state index contributed by atoms with van der Waals surface area (Å²) >= 11 is 8.94. The Hall–Kier alpha value is -2.49. The molecule has 1 aromatic heterocycles. The van der Waals surface area contributed by atoms with Crippen LogP contribution in [0.4, 0.5) is 10.8 Å². The van der Waals surface area contributed by atoms with E-state index in [-0.39, 0.29) is 5.91 Å². The lowest BCUT2D eigenvalue weighted by Gasteiger charge is -2.10. The van der Waals surface area contributed by atoms with E-state index in [1.54, 1.807) is 32.4 Å². The van der Waals surface area contributed by atoms with Gasteiger partial charge in [0.15, 0.2) is 4.34 Å². The fourth-order valence-electron chi connectivity index (χ4n) is 2.48. The zero-order chi connectivity index (χ0) is 21.3. The second-order valence-electron chi connectivity index (χ2n) is 6.07. The number of halogens is 1. The van der Waals surface area contributed by atoms with Crippen molar-refractivity contribution in [1.82, 2.24) is 10.2 Å². The Labute approximate surface area is 188 Å². The molecule has 0 radical (unpaired) electrons. The van der Waals surface area contributed by atoms with Gasteiger partial charge < -0.3 is 20.1 Å². The lowest BCUT2D eigenvalue weighted by Crippen LogP contribution is -2.12.